The summed E-state index contributed by atoms with van der Waals surface area (Å²) in [4.78, 5) is 4.66. The number of nitrogen functional groups attached to an aromatic ring is 1. The molecule has 0 saturated carbocycles. The second-order valence-corrected chi connectivity index (χ2v) is 4.47. The van der Waals surface area contributed by atoms with Crippen LogP contribution in [-0.4, -0.2) is 44.3 Å². The Morgan fingerprint density at radius 2 is 1.94 bits per heavy atom. The monoisotopic (exact) mass is 237 g/mol. The Bertz CT molecular complexity index is 348. The fraction of sp³-hybridized carbons (Fsp3) is 0.538. The molecule has 0 aromatic heterocycles. The lowest BCUT2D eigenvalue weighted by molar-refractivity contribution is 0.245. The molecule has 0 spiro atoms. The van der Waals surface area contributed by atoms with Crippen LogP contribution in [-0.2, 0) is 0 Å². The first kappa shape index (κ1) is 12.2. The Labute approximate surface area is 102 Å². The molecule has 1 heterocycles. The van der Waals surface area contributed by atoms with E-state index < -0.39 is 0 Å². The van der Waals surface area contributed by atoms with Gasteiger partial charge in [0.05, 0.1) is 6.67 Å². The Hall–Kier alpha value is -1.29. The first-order valence-electron chi connectivity index (χ1n) is 6.18. The van der Waals surface area contributed by atoms with Crippen LogP contribution in [0, 0.1) is 0 Å². The van der Waals surface area contributed by atoms with Crippen LogP contribution in [0.2, 0.25) is 0 Å². The standard InChI is InChI=1S/C13H20FN3/c14-5-2-6-16-7-9-17(10-8-16)13-4-1-3-12(15)11-13/h1,3-4,11H,2,5-10,15H2. The highest BCUT2D eigenvalue weighted by molar-refractivity contribution is 5.56. The second-order valence-electron chi connectivity index (χ2n) is 4.47. The van der Waals surface area contributed by atoms with Gasteiger partial charge in [-0.15, -0.1) is 0 Å². The van der Waals surface area contributed by atoms with Gasteiger partial charge >= 0.3 is 0 Å². The summed E-state index contributed by atoms with van der Waals surface area (Å²) in [7, 11) is 0. The Kier molecular flexibility index (Phi) is 4.20. The number of alkyl halides is 1. The molecule has 2 N–H and O–H groups in total. The molecule has 1 aliphatic rings. The SMILES string of the molecule is Nc1cccc(N2CCN(CCCF)CC2)c1. The molecular weight excluding hydrogens is 217 g/mol. The van der Waals surface area contributed by atoms with Gasteiger partial charge in [-0.05, 0) is 24.6 Å². The molecule has 0 bridgehead atoms. The number of nitrogens with zero attached hydrogens (tertiary/aromatic N) is 2. The summed E-state index contributed by atoms with van der Waals surface area (Å²) in [6, 6.07) is 7.99. The van der Waals surface area contributed by atoms with Gasteiger partial charge in [-0.1, -0.05) is 6.07 Å². The van der Waals surface area contributed by atoms with Crippen LogP contribution in [0.5, 0.6) is 0 Å². The average Bonchev–Trinajstić information content (AvgIpc) is 2.37. The van der Waals surface area contributed by atoms with Crippen molar-refractivity contribution < 1.29 is 4.39 Å². The first-order valence-corrected chi connectivity index (χ1v) is 6.18. The third kappa shape index (κ3) is 3.33. The number of benzene rings is 1. The van der Waals surface area contributed by atoms with E-state index in [2.05, 4.69) is 15.9 Å². The zero-order chi connectivity index (χ0) is 12.1. The summed E-state index contributed by atoms with van der Waals surface area (Å²) in [5.74, 6) is 0. The van der Waals surface area contributed by atoms with Crippen molar-refractivity contribution in [1.29, 1.82) is 0 Å². The summed E-state index contributed by atoms with van der Waals surface area (Å²) < 4.78 is 12.1. The summed E-state index contributed by atoms with van der Waals surface area (Å²) in [5.41, 5.74) is 7.78. The minimum absolute atomic E-state index is 0.213. The Balaban J connectivity index is 1.86. The highest BCUT2D eigenvalue weighted by atomic mass is 19.1. The van der Waals surface area contributed by atoms with Crippen molar-refractivity contribution in [3.63, 3.8) is 0 Å². The minimum Gasteiger partial charge on any atom is -0.399 e. The molecule has 1 aromatic carbocycles. The maximum Gasteiger partial charge on any atom is 0.0906 e. The summed E-state index contributed by atoms with van der Waals surface area (Å²) in [5, 5.41) is 0. The molecular formula is C13H20FN3. The van der Waals surface area contributed by atoms with Crippen LogP contribution in [0.3, 0.4) is 0 Å². The highest BCUT2D eigenvalue weighted by Crippen LogP contribution is 2.19. The molecule has 94 valence electrons. The molecule has 1 saturated heterocycles. The van der Waals surface area contributed by atoms with E-state index in [1.807, 2.05) is 18.2 Å². The molecule has 4 heteroatoms. The molecule has 17 heavy (non-hydrogen) atoms. The number of halogens is 1. The van der Waals surface area contributed by atoms with E-state index >= 15 is 0 Å². The van der Waals surface area contributed by atoms with Crippen molar-refractivity contribution in [3.8, 4) is 0 Å². The van der Waals surface area contributed by atoms with Gasteiger partial charge < -0.3 is 10.6 Å². The maximum absolute atomic E-state index is 12.1. The van der Waals surface area contributed by atoms with Crippen LogP contribution in [0.1, 0.15) is 6.42 Å². The smallest absolute Gasteiger partial charge is 0.0906 e. The average molecular weight is 237 g/mol. The lowest BCUT2D eigenvalue weighted by atomic mass is 10.2. The van der Waals surface area contributed by atoms with E-state index in [1.54, 1.807) is 0 Å². The fourth-order valence-electron chi connectivity index (χ4n) is 2.23. The molecule has 0 radical (unpaired) electrons. The molecule has 2 rings (SSSR count). The summed E-state index contributed by atoms with van der Waals surface area (Å²) >= 11 is 0. The number of anilines is 2. The summed E-state index contributed by atoms with van der Waals surface area (Å²) in [6.45, 7) is 4.67. The van der Waals surface area contributed by atoms with Gasteiger partial charge in [-0.2, -0.15) is 0 Å². The zero-order valence-corrected chi connectivity index (χ0v) is 10.1. The second kappa shape index (κ2) is 5.87. The van der Waals surface area contributed by atoms with E-state index in [9.17, 15) is 4.39 Å². The zero-order valence-electron chi connectivity index (χ0n) is 10.1. The molecule has 0 atom stereocenters. The minimum atomic E-state index is -0.213. The van der Waals surface area contributed by atoms with Crippen molar-refractivity contribution in [2.24, 2.45) is 0 Å². The normalized spacial score (nSPS) is 17.4. The largest absolute Gasteiger partial charge is 0.399 e. The van der Waals surface area contributed by atoms with Crippen LogP contribution in [0.15, 0.2) is 24.3 Å². The van der Waals surface area contributed by atoms with Crippen molar-refractivity contribution in [2.75, 3.05) is 50.0 Å². The van der Waals surface area contributed by atoms with Crippen molar-refractivity contribution in [3.05, 3.63) is 24.3 Å². The van der Waals surface area contributed by atoms with Gasteiger partial charge in [0.2, 0.25) is 0 Å². The number of nitrogens with two attached hydrogens (primary N) is 1. The lowest BCUT2D eigenvalue weighted by Gasteiger charge is -2.36. The number of rotatable bonds is 4. The van der Waals surface area contributed by atoms with Crippen molar-refractivity contribution in [1.82, 2.24) is 4.90 Å². The predicted molar refractivity (Wildman–Crippen MR) is 70.1 cm³/mol. The molecule has 3 nitrogen and oxygen atoms in total. The molecule has 0 aliphatic carbocycles. The van der Waals surface area contributed by atoms with Crippen molar-refractivity contribution in [2.45, 2.75) is 6.42 Å². The number of piperazine rings is 1. The van der Waals surface area contributed by atoms with E-state index in [0.29, 0.717) is 6.42 Å². The van der Waals surface area contributed by atoms with Gasteiger partial charge in [-0.3, -0.25) is 9.29 Å². The van der Waals surface area contributed by atoms with Gasteiger partial charge in [-0.25, -0.2) is 0 Å². The third-order valence-corrected chi connectivity index (χ3v) is 3.22. The number of hydrogen-bond donors (Lipinski definition) is 1. The van der Waals surface area contributed by atoms with Crippen LogP contribution in [0.4, 0.5) is 15.8 Å². The maximum atomic E-state index is 12.1. The highest BCUT2D eigenvalue weighted by Gasteiger charge is 2.16. The fourth-order valence-corrected chi connectivity index (χ4v) is 2.23. The molecule has 0 amide bonds. The molecule has 1 aliphatic heterocycles. The third-order valence-electron chi connectivity index (χ3n) is 3.22. The molecule has 0 unspecified atom stereocenters. The van der Waals surface area contributed by atoms with Crippen LogP contribution in [0.25, 0.3) is 0 Å². The lowest BCUT2D eigenvalue weighted by Crippen LogP contribution is -2.46. The van der Waals surface area contributed by atoms with Gasteiger partial charge in [0.15, 0.2) is 0 Å². The topological polar surface area (TPSA) is 32.5 Å². The quantitative estimate of drug-likeness (QED) is 0.810. The molecule has 1 fully saturated rings. The Morgan fingerprint density at radius 3 is 2.59 bits per heavy atom. The van der Waals surface area contributed by atoms with E-state index in [4.69, 9.17) is 5.73 Å². The van der Waals surface area contributed by atoms with Gasteiger partial charge in [0, 0.05) is 44.1 Å². The van der Waals surface area contributed by atoms with Gasteiger partial charge in [0.1, 0.15) is 0 Å². The van der Waals surface area contributed by atoms with Crippen LogP contribution >= 0.6 is 0 Å². The van der Waals surface area contributed by atoms with E-state index in [0.717, 1.165) is 38.4 Å². The summed E-state index contributed by atoms with van der Waals surface area (Å²) in [6.07, 6.45) is 0.651. The predicted octanol–water partition coefficient (Wildman–Crippen LogP) is 1.75. The van der Waals surface area contributed by atoms with E-state index in [-0.39, 0.29) is 6.67 Å². The Morgan fingerprint density at radius 1 is 1.18 bits per heavy atom. The van der Waals surface area contributed by atoms with E-state index in [1.165, 1.54) is 5.69 Å². The first-order chi connectivity index (χ1) is 8.29. The van der Waals surface area contributed by atoms with Crippen molar-refractivity contribution >= 4 is 11.4 Å². The van der Waals surface area contributed by atoms with Gasteiger partial charge in [0.25, 0.3) is 0 Å². The number of hydrogen-bond acceptors (Lipinski definition) is 3. The molecule has 1 aromatic rings. The van der Waals surface area contributed by atoms with Crippen LogP contribution < -0.4 is 10.6 Å².